The van der Waals surface area contributed by atoms with Crippen molar-refractivity contribution in [3.05, 3.63) is 116 Å². The van der Waals surface area contributed by atoms with Gasteiger partial charge >= 0.3 is 0 Å². The van der Waals surface area contributed by atoms with E-state index >= 15 is 0 Å². The minimum Gasteiger partial charge on any atom is -0.507 e. The van der Waals surface area contributed by atoms with E-state index < -0.39 is 0 Å². The van der Waals surface area contributed by atoms with Gasteiger partial charge in [0.25, 0.3) is 0 Å². The molecule has 0 spiro atoms. The molecule has 6 aromatic rings. The van der Waals surface area contributed by atoms with Gasteiger partial charge in [-0.25, -0.2) is 0 Å². The fourth-order valence-corrected chi connectivity index (χ4v) is 3.02. The number of hydrogen-bond acceptors (Lipinski definition) is 3. The molecule has 142 valence electrons. The van der Waals surface area contributed by atoms with Gasteiger partial charge in [-0.3, -0.25) is 0 Å². The molecule has 0 aliphatic carbocycles. The van der Waals surface area contributed by atoms with E-state index in [1.54, 1.807) is 18.6 Å². The normalized spacial score (nSPS) is 10.2. The van der Waals surface area contributed by atoms with E-state index in [-0.39, 0.29) is 0 Å². The minimum atomic E-state index is 0.350. The number of para-hydroxylation sites is 2. The van der Waals surface area contributed by atoms with Crippen LogP contribution < -0.4 is 0 Å². The molecule has 0 saturated heterocycles. The fourth-order valence-electron chi connectivity index (χ4n) is 3.02. The predicted octanol–water partition coefficient (Wildman–Crippen LogP) is 7.41. The molecule has 0 aliphatic rings. The molecule has 0 saturated carbocycles. The number of rotatable bonds is 0. The average Bonchev–Trinajstić information content (AvgIpc) is 3.44. The van der Waals surface area contributed by atoms with E-state index in [1.165, 1.54) is 0 Å². The molecule has 0 radical (unpaired) electrons. The van der Waals surface area contributed by atoms with Crippen molar-refractivity contribution in [2.75, 3.05) is 0 Å². The molecule has 0 bridgehead atoms. The molecular formula is C26H20O3. The Morgan fingerprint density at radius 1 is 0.448 bits per heavy atom. The zero-order valence-electron chi connectivity index (χ0n) is 15.7. The summed E-state index contributed by atoms with van der Waals surface area (Å²) in [6, 6.07) is 33.1. The molecule has 2 aromatic heterocycles. The van der Waals surface area contributed by atoms with Crippen LogP contribution in [0.3, 0.4) is 0 Å². The lowest BCUT2D eigenvalue weighted by atomic mass is 10.1. The number of furan rings is 2. The van der Waals surface area contributed by atoms with Gasteiger partial charge in [0.2, 0.25) is 0 Å². The smallest absolute Gasteiger partial charge is 0.133 e. The van der Waals surface area contributed by atoms with Gasteiger partial charge in [0.05, 0.1) is 12.5 Å². The summed E-state index contributed by atoms with van der Waals surface area (Å²) in [6.45, 7) is 0. The van der Waals surface area contributed by atoms with Crippen molar-refractivity contribution in [1.29, 1.82) is 0 Å². The van der Waals surface area contributed by atoms with Crippen LogP contribution in [0.25, 0.3) is 32.7 Å². The standard InChI is InChI=1S/C10H8O.2C8H6O/c11-10-7-3-5-8-4-1-2-6-9(8)10;2*1-2-4-8-7(3-1)5-6-9-8/h1-7,11H;2*1-6H. The lowest BCUT2D eigenvalue weighted by Gasteiger charge is -1.97. The third kappa shape index (κ3) is 4.47. The highest BCUT2D eigenvalue weighted by Crippen LogP contribution is 2.23. The SMILES string of the molecule is Oc1cccc2ccccc12.c1ccc2occc2c1.c1ccc2occc2c1. The van der Waals surface area contributed by atoms with Crippen molar-refractivity contribution in [1.82, 2.24) is 0 Å². The van der Waals surface area contributed by atoms with E-state index in [0.717, 1.165) is 32.7 Å². The molecule has 3 heteroatoms. The lowest BCUT2D eigenvalue weighted by Crippen LogP contribution is -1.70. The summed E-state index contributed by atoms with van der Waals surface area (Å²) in [5, 5.41) is 13.7. The first-order chi connectivity index (χ1) is 14.3. The molecule has 1 N–H and O–H groups in total. The Morgan fingerprint density at radius 3 is 1.48 bits per heavy atom. The highest BCUT2D eigenvalue weighted by Gasteiger charge is 1.94. The third-order valence-electron chi connectivity index (χ3n) is 4.49. The second-order valence-corrected chi connectivity index (χ2v) is 6.42. The molecule has 0 unspecified atom stereocenters. The Bertz CT molecular complexity index is 1200. The van der Waals surface area contributed by atoms with Crippen molar-refractivity contribution in [2.24, 2.45) is 0 Å². The lowest BCUT2D eigenvalue weighted by molar-refractivity contribution is 0.481. The van der Waals surface area contributed by atoms with Gasteiger partial charge in [-0.2, -0.15) is 0 Å². The van der Waals surface area contributed by atoms with Crippen molar-refractivity contribution >= 4 is 32.7 Å². The van der Waals surface area contributed by atoms with Crippen LogP contribution in [0.1, 0.15) is 0 Å². The van der Waals surface area contributed by atoms with E-state index in [4.69, 9.17) is 8.83 Å². The van der Waals surface area contributed by atoms with Crippen molar-refractivity contribution in [2.45, 2.75) is 0 Å². The first-order valence-electron chi connectivity index (χ1n) is 9.32. The van der Waals surface area contributed by atoms with Gasteiger partial charge in [-0.15, -0.1) is 0 Å². The number of hydrogen-bond donors (Lipinski definition) is 1. The topological polar surface area (TPSA) is 46.5 Å². The van der Waals surface area contributed by atoms with Crippen LogP contribution in [-0.4, -0.2) is 5.11 Å². The maximum absolute atomic E-state index is 9.37. The second-order valence-electron chi connectivity index (χ2n) is 6.42. The minimum absolute atomic E-state index is 0.350. The Kier molecular flexibility index (Phi) is 5.58. The van der Waals surface area contributed by atoms with Gasteiger partial charge < -0.3 is 13.9 Å². The number of phenolic OH excluding ortho intramolecular Hbond substituents is 1. The molecule has 2 heterocycles. The number of phenols is 1. The van der Waals surface area contributed by atoms with Gasteiger partial charge in [0.1, 0.15) is 16.9 Å². The molecular weight excluding hydrogens is 360 g/mol. The Morgan fingerprint density at radius 2 is 0.931 bits per heavy atom. The van der Waals surface area contributed by atoms with Crippen LogP contribution >= 0.6 is 0 Å². The van der Waals surface area contributed by atoms with Crippen molar-refractivity contribution in [3.63, 3.8) is 0 Å². The monoisotopic (exact) mass is 380 g/mol. The van der Waals surface area contributed by atoms with Crippen LogP contribution in [-0.2, 0) is 0 Å². The molecule has 0 amide bonds. The van der Waals surface area contributed by atoms with Crippen LogP contribution in [0.2, 0.25) is 0 Å². The highest BCUT2D eigenvalue weighted by atomic mass is 16.3. The first kappa shape index (κ1) is 18.4. The Balaban J connectivity index is 0.000000107. The third-order valence-corrected chi connectivity index (χ3v) is 4.49. The molecule has 0 aliphatic heterocycles. The largest absolute Gasteiger partial charge is 0.507 e. The summed E-state index contributed by atoms with van der Waals surface area (Å²) >= 11 is 0. The molecule has 3 nitrogen and oxygen atoms in total. The first-order valence-corrected chi connectivity index (χ1v) is 9.32. The van der Waals surface area contributed by atoms with Gasteiger partial charge in [0, 0.05) is 16.2 Å². The molecule has 29 heavy (non-hydrogen) atoms. The summed E-state index contributed by atoms with van der Waals surface area (Å²) in [5.41, 5.74) is 1.91. The van der Waals surface area contributed by atoms with Crippen LogP contribution in [0.15, 0.2) is 124 Å². The van der Waals surface area contributed by atoms with Gasteiger partial charge in [0.15, 0.2) is 0 Å². The molecule has 4 aromatic carbocycles. The molecule has 6 rings (SSSR count). The van der Waals surface area contributed by atoms with E-state index in [1.807, 2.05) is 97.1 Å². The Hall–Kier alpha value is -3.98. The molecule has 0 fully saturated rings. The zero-order valence-corrected chi connectivity index (χ0v) is 15.7. The summed E-state index contributed by atoms with van der Waals surface area (Å²) in [4.78, 5) is 0. The maximum atomic E-state index is 9.37. The van der Waals surface area contributed by atoms with Gasteiger partial charge in [-0.1, -0.05) is 72.8 Å². The van der Waals surface area contributed by atoms with E-state index in [2.05, 4.69) is 0 Å². The van der Waals surface area contributed by atoms with Crippen molar-refractivity contribution in [3.8, 4) is 5.75 Å². The Labute approximate surface area is 168 Å². The summed E-state index contributed by atoms with van der Waals surface area (Å²) < 4.78 is 10.2. The predicted molar refractivity (Wildman–Crippen MR) is 118 cm³/mol. The number of aromatic hydroxyl groups is 1. The molecule has 0 atom stereocenters. The zero-order chi connectivity index (χ0) is 19.9. The highest BCUT2D eigenvalue weighted by molar-refractivity contribution is 5.87. The summed E-state index contributed by atoms with van der Waals surface area (Å²) in [6.07, 6.45) is 3.40. The van der Waals surface area contributed by atoms with Crippen LogP contribution in [0.4, 0.5) is 0 Å². The van der Waals surface area contributed by atoms with Gasteiger partial charge in [-0.05, 0) is 35.7 Å². The van der Waals surface area contributed by atoms with Crippen molar-refractivity contribution < 1.29 is 13.9 Å². The number of benzene rings is 4. The van der Waals surface area contributed by atoms with E-state index in [9.17, 15) is 5.11 Å². The maximum Gasteiger partial charge on any atom is 0.133 e. The second kappa shape index (κ2) is 8.81. The van der Waals surface area contributed by atoms with Crippen LogP contribution in [0.5, 0.6) is 5.75 Å². The summed E-state index contributed by atoms with van der Waals surface area (Å²) in [5.74, 6) is 0.350. The van der Waals surface area contributed by atoms with Crippen LogP contribution in [0, 0.1) is 0 Å². The fraction of sp³-hybridized carbons (Fsp3) is 0. The quantitative estimate of drug-likeness (QED) is 0.298. The average molecular weight is 380 g/mol. The van der Waals surface area contributed by atoms with E-state index in [0.29, 0.717) is 5.75 Å². The number of fused-ring (bicyclic) bond motifs is 3. The summed E-state index contributed by atoms with van der Waals surface area (Å²) in [7, 11) is 0.